The van der Waals surface area contributed by atoms with Gasteiger partial charge in [0.2, 0.25) is 0 Å². The van der Waals surface area contributed by atoms with E-state index in [4.69, 9.17) is 0 Å². The Hall–Kier alpha value is -3.63. The number of nitrogens with one attached hydrogen (secondary N) is 1. The van der Waals surface area contributed by atoms with Crippen LogP contribution in [0.1, 0.15) is 27.2 Å². The van der Waals surface area contributed by atoms with Crippen LogP contribution in [0.15, 0.2) is 0 Å². The highest BCUT2D eigenvalue weighted by Crippen LogP contribution is 2.72. The van der Waals surface area contributed by atoms with Crippen molar-refractivity contribution in [2.45, 2.75) is 151 Å². The average molecular weight is 1290 g/mol. The second-order valence-corrected chi connectivity index (χ2v) is 17.5. The van der Waals surface area contributed by atoms with Crippen LogP contribution in [-0.2, 0) is 19.6 Å². The van der Waals surface area contributed by atoms with E-state index >= 15 is 0 Å². The summed E-state index contributed by atoms with van der Waals surface area (Å²) in [4.78, 5) is 11.7. The van der Waals surface area contributed by atoms with E-state index in [1.165, 1.54) is 6.92 Å². The summed E-state index contributed by atoms with van der Waals surface area (Å²) in [6, 6.07) is 0. The third-order valence-corrected chi connectivity index (χ3v) is 11.7. The van der Waals surface area contributed by atoms with Crippen LogP contribution >= 0.6 is 0 Å². The van der Waals surface area contributed by atoms with E-state index in [9.17, 15) is 202 Å². The highest BCUT2D eigenvalue weighted by atomic mass is 32.2. The SMILES string of the molecule is CCC(C)(C)C(=O)OCCNS(=O)(=O)C(F)(F)C(F)(F)C(F)(F)C(F)(F)C(F)(F)C(F)(F)C(F)(F)C(F)(F)C(F)(F)C(F)(F)C(F)(F)C(F)(F)C(F)(F)C(F)(F)C(F)(F)C(F)(F)C(F)(F)C(F)(F)C(F)(F)C(F)(F)C(F)(F)F. The summed E-state index contributed by atoms with van der Waals surface area (Å²) in [5, 5.41) is -8.42. The molecule has 0 aromatic heterocycles. The van der Waals surface area contributed by atoms with Crippen LogP contribution in [0.2, 0.25) is 0 Å². The Morgan fingerprint density at radius 3 is 0.654 bits per heavy atom. The maximum absolute atomic E-state index is 14.3. The van der Waals surface area contributed by atoms with Crippen molar-refractivity contribution < 1.29 is 207 Å². The van der Waals surface area contributed by atoms with Crippen LogP contribution in [0.4, 0.5) is 189 Å². The Morgan fingerprint density at radius 2 is 0.487 bits per heavy atom. The Labute approximate surface area is 398 Å². The first kappa shape index (κ1) is 74.4. The topological polar surface area (TPSA) is 72.5 Å². The highest BCUT2D eigenvalue weighted by molar-refractivity contribution is 7.90. The molecular formula is C29H16F43NO4S. The number of esters is 1. The van der Waals surface area contributed by atoms with Crippen LogP contribution in [0, 0.1) is 5.41 Å². The van der Waals surface area contributed by atoms with Gasteiger partial charge in [0.05, 0.1) is 5.41 Å². The number of halogens is 43. The van der Waals surface area contributed by atoms with Crippen molar-refractivity contribution in [3.05, 3.63) is 0 Å². The Balaban J connectivity index is 7.90. The molecule has 0 amide bonds. The van der Waals surface area contributed by atoms with Crippen LogP contribution < -0.4 is 4.72 Å². The molecule has 0 fully saturated rings. The third kappa shape index (κ3) is 9.00. The van der Waals surface area contributed by atoms with Gasteiger partial charge in [-0.2, -0.15) is 189 Å². The standard InChI is InChI=1S/C29H16F43NO4S/c1-4-8(2,3)7(74)77-6-5-73-78(75,76)29(71,72)27(66,67)25(62,63)23(58,59)21(54,55)19(50,51)17(46,47)15(42,43)13(38,39)11(34,35)9(30,31)10(32,33)12(36,37)14(40,41)16(44,45)18(48,49)20(52,53)22(56,57)24(60,61)26(64,65)28(68,69)70/h73H,4-6H2,1-3H3. The number of sulfonamides is 1. The van der Waals surface area contributed by atoms with Gasteiger partial charge in [0.15, 0.2) is 0 Å². The molecule has 0 aromatic carbocycles. The predicted octanol–water partition coefficient (Wildman–Crippen LogP) is 14.1. The maximum atomic E-state index is 14.3. The number of carbonyl (C=O) groups is 1. The van der Waals surface area contributed by atoms with Gasteiger partial charge in [-0.3, -0.25) is 4.79 Å². The van der Waals surface area contributed by atoms with Gasteiger partial charge >= 0.3 is 130 Å². The molecule has 0 unspecified atom stereocenters. The molecule has 5 nitrogen and oxygen atoms in total. The molecule has 0 aliphatic carbocycles. The van der Waals surface area contributed by atoms with Crippen molar-refractivity contribution in [2.75, 3.05) is 13.2 Å². The third-order valence-electron chi connectivity index (χ3n) is 10.2. The molecule has 0 radical (unpaired) electrons. The summed E-state index contributed by atoms with van der Waals surface area (Å²) in [5.74, 6) is -197. The molecule has 0 spiro atoms. The van der Waals surface area contributed by atoms with E-state index in [2.05, 4.69) is 4.74 Å². The zero-order chi connectivity index (χ0) is 64.6. The fourth-order valence-electron chi connectivity index (χ4n) is 4.63. The molecule has 1 N–H and O–H groups in total. The minimum atomic E-state index is -10.8. The van der Waals surface area contributed by atoms with Gasteiger partial charge in [-0.1, -0.05) is 6.92 Å². The zero-order valence-electron chi connectivity index (χ0n) is 35.4. The van der Waals surface area contributed by atoms with E-state index in [-0.39, 0.29) is 11.1 Å². The van der Waals surface area contributed by atoms with Gasteiger partial charge < -0.3 is 4.74 Å². The average Bonchev–Trinajstić information content (AvgIpc) is 3.22. The Bertz CT molecular complexity index is 2290. The number of carbonyl (C=O) groups excluding carboxylic acids is 1. The zero-order valence-corrected chi connectivity index (χ0v) is 36.2. The molecule has 0 heterocycles. The van der Waals surface area contributed by atoms with Crippen molar-refractivity contribution in [1.82, 2.24) is 4.72 Å². The monoisotopic (exact) mass is 1290 g/mol. The lowest BCUT2D eigenvalue weighted by Crippen LogP contribution is -2.81. The van der Waals surface area contributed by atoms with Gasteiger partial charge in [-0.25, -0.2) is 13.1 Å². The molecule has 0 aromatic rings. The van der Waals surface area contributed by atoms with Crippen LogP contribution in [0.25, 0.3) is 0 Å². The maximum Gasteiger partial charge on any atom is 0.460 e. The first-order valence-electron chi connectivity index (χ1n) is 17.7. The van der Waals surface area contributed by atoms with E-state index < -0.39 is 159 Å². The molecule has 0 aliphatic heterocycles. The summed E-state index contributed by atoms with van der Waals surface area (Å²) < 4.78 is 625. The summed E-state index contributed by atoms with van der Waals surface area (Å²) in [7, 11) is -8.14. The number of rotatable bonds is 26. The summed E-state index contributed by atoms with van der Waals surface area (Å²) in [6.45, 7) is -0.774. The molecule has 0 atom stereocenters. The number of hydrogen-bond acceptors (Lipinski definition) is 4. The van der Waals surface area contributed by atoms with Crippen molar-refractivity contribution in [3.8, 4) is 0 Å². The van der Waals surface area contributed by atoms with E-state index in [1.54, 1.807) is 0 Å². The quantitative estimate of drug-likeness (QED) is 0.0532. The van der Waals surface area contributed by atoms with Gasteiger partial charge in [-0.05, 0) is 20.3 Å². The van der Waals surface area contributed by atoms with Crippen LogP contribution in [-0.4, -0.2) is 151 Å². The van der Waals surface area contributed by atoms with Crippen LogP contribution in [0.5, 0.6) is 0 Å². The molecule has 78 heavy (non-hydrogen) atoms. The molecule has 0 rings (SSSR count). The molecule has 0 saturated carbocycles. The normalized spacial score (nSPS) is 16.9. The van der Waals surface area contributed by atoms with Crippen molar-refractivity contribution in [1.29, 1.82) is 0 Å². The lowest BCUT2D eigenvalue weighted by Gasteiger charge is -2.47. The fraction of sp³-hybridized carbons (Fsp3) is 0.966. The Kier molecular flexibility index (Phi) is 18.1. The summed E-state index contributed by atoms with van der Waals surface area (Å²) >= 11 is 0. The minimum Gasteiger partial charge on any atom is -0.464 e. The summed E-state index contributed by atoms with van der Waals surface area (Å²) in [5.41, 5.74) is -1.63. The molecule has 0 bridgehead atoms. The molecule has 0 saturated heterocycles. The van der Waals surface area contributed by atoms with E-state index in [0.717, 1.165) is 13.8 Å². The predicted molar refractivity (Wildman–Crippen MR) is 157 cm³/mol. The van der Waals surface area contributed by atoms with Crippen molar-refractivity contribution in [3.63, 3.8) is 0 Å². The van der Waals surface area contributed by atoms with E-state index in [0.29, 0.717) is 0 Å². The molecular weight excluding hydrogens is 1280 g/mol. The van der Waals surface area contributed by atoms with Crippen molar-refractivity contribution in [2.24, 2.45) is 5.41 Å². The van der Waals surface area contributed by atoms with Crippen molar-refractivity contribution >= 4 is 16.0 Å². The summed E-state index contributed by atoms with van der Waals surface area (Å²) in [6.07, 6.45) is -8.82. The molecule has 468 valence electrons. The van der Waals surface area contributed by atoms with Gasteiger partial charge in [0.1, 0.15) is 6.61 Å². The molecule has 0 aliphatic rings. The highest BCUT2D eigenvalue weighted by Gasteiger charge is 3.04. The molecule has 49 heteroatoms. The van der Waals surface area contributed by atoms with Crippen LogP contribution in [0.3, 0.4) is 0 Å². The van der Waals surface area contributed by atoms with Gasteiger partial charge in [0.25, 0.3) is 10.0 Å². The second kappa shape index (κ2) is 19.0. The first-order valence-corrected chi connectivity index (χ1v) is 19.2. The number of ether oxygens (including phenoxy) is 1. The Morgan fingerprint density at radius 1 is 0.321 bits per heavy atom. The lowest BCUT2D eigenvalue weighted by atomic mass is 9.81. The number of alkyl halides is 43. The first-order chi connectivity index (χ1) is 32.9. The number of hydrogen-bond donors (Lipinski definition) is 1. The second-order valence-electron chi connectivity index (χ2n) is 15.7. The van der Waals surface area contributed by atoms with Gasteiger partial charge in [-0.15, -0.1) is 0 Å². The smallest absolute Gasteiger partial charge is 0.460 e. The van der Waals surface area contributed by atoms with E-state index in [1.807, 2.05) is 0 Å². The largest absolute Gasteiger partial charge is 0.464 e. The van der Waals surface area contributed by atoms with Gasteiger partial charge in [0, 0.05) is 6.54 Å². The fourth-order valence-corrected chi connectivity index (χ4v) is 5.63. The minimum absolute atomic E-state index is 0.0561. The lowest BCUT2D eigenvalue weighted by molar-refractivity contribution is -0.496.